The number of carboxylic acids is 1. The van der Waals surface area contributed by atoms with Crippen LogP contribution in [0.25, 0.3) is 0 Å². The number of hydrogen-bond donors (Lipinski definition) is 0. The molecule has 0 aliphatic carbocycles. The number of aliphatic imine (C=N–C) groups is 1. The van der Waals surface area contributed by atoms with Gasteiger partial charge < -0.3 is 9.90 Å². The number of carbonyl (C=O) groups excluding carboxylic acids is 1. The van der Waals surface area contributed by atoms with Gasteiger partial charge in [0, 0.05) is 23.7 Å². The van der Waals surface area contributed by atoms with Crippen LogP contribution in [-0.4, -0.2) is 27.8 Å². The molecule has 0 bridgehead atoms. The van der Waals surface area contributed by atoms with Crippen molar-refractivity contribution in [2.24, 2.45) is 4.99 Å². The third kappa shape index (κ3) is 1.77. The summed E-state index contributed by atoms with van der Waals surface area (Å²) in [4.78, 5) is 18.5. The molecular formula is C9H7N2O2S-. The molecule has 0 N–H and O–H groups in total. The van der Waals surface area contributed by atoms with Gasteiger partial charge in [0.2, 0.25) is 0 Å². The Balaban J connectivity index is 2.22. The summed E-state index contributed by atoms with van der Waals surface area (Å²) in [6.45, 7) is 0. The van der Waals surface area contributed by atoms with E-state index in [1.165, 1.54) is 11.8 Å². The Morgan fingerprint density at radius 3 is 3.07 bits per heavy atom. The Labute approximate surface area is 85.1 Å². The zero-order valence-corrected chi connectivity index (χ0v) is 8.03. The number of nitrogens with zero attached hydrogens (tertiary/aromatic N) is 2. The lowest BCUT2D eigenvalue weighted by molar-refractivity contribution is -0.306. The van der Waals surface area contributed by atoms with Gasteiger partial charge in [0.1, 0.15) is 11.1 Å². The number of pyridine rings is 1. The Bertz CT molecular complexity index is 378. The molecule has 0 radical (unpaired) electrons. The summed E-state index contributed by atoms with van der Waals surface area (Å²) in [5.41, 5.74) is 0.862. The largest absolute Gasteiger partial charge is 0.548 e. The average molecular weight is 207 g/mol. The molecule has 72 valence electrons. The number of carbonyl (C=O) groups is 1. The van der Waals surface area contributed by atoms with Crippen molar-refractivity contribution in [1.82, 2.24) is 4.98 Å². The van der Waals surface area contributed by atoms with E-state index in [2.05, 4.69) is 9.98 Å². The minimum Gasteiger partial charge on any atom is -0.548 e. The molecule has 14 heavy (non-hydrogen) atoms. The maximum atomic E-state index is 10.5. The van der Waals surface area contributed by atoms with Gasteiger partial charge in [0.15, 0.2) is 0 Å². The molecule has 0 spiro atoms. The molecule has 1 aromatic rings. The highest BCUT2D eigenvalue weighted by molar-refractivity contribution is 8.14. The summed E-state index contributed by atoms with van der Waals surface area (Å²) < 4.78 is 0. The number of aromatic nitrogens is 1. The molecule has 1 aliphatic heterocycles. The summed E-state index contributed by atoms with van der Waals surface area (Å²) in [7, 11) is 0. The molecule has 4 nitrogen and oxygen atoms in total. The van der Waals surface area contributed by atoms with Crippen LogP contribution in [0.3, 0.4) is 0 Å². The second kappa shape index (κ2) is 3.79. The van der Waals surface area contributed by atoms with Crippen molar-refractivity contribution >= 4 is 22.8 Å². The van der Waals surface area contributed by atoms with Crippen molar-refractivity contribution in [3.63, 3.8) is 0 Å². The number of thioether (sulfide) groups is 1. The summed E-state index contributed by atoms with van der Waals surface area (Å²) >= 11 is 1.42. The molecule has 2 heterocycles. The topological polar surface area (TPSA) is 65.4 Å². The van der Waals surface area contributed by atoms with E-state index in [-0.39, 0.29) is 0 Å². The van der Waals surface area contributed by atoms with Crippen LogP contribution in [0, 0.1) is 0 Å². The molecule has 0 fully saturated rings. The first kappa shape index (κ1) is 9.21. The van der Waals surface area contributed by atoms with E-state index in [4.69, 9.17) is 0 Å². The molecule has 2 rings (SSSR count). The van der Waals surface area contributed by atoms with Crippen molar-refractivity contribution in [3.05, 3.63) is 30.1 Å². The first-order chi connectivity index (χ1) is 6.77. The van der Waals surface area contributed by atoms with Crippen molar-refractivity contribution in [1.29, 1.82) is 0 Å². The molecule has 0 saturated carbocycles. The van der Waals surface area contributed by atoms with E-state index < -0.39 is 12.0 Å². The normalized spacial score (nSPS) is 20.6. The highest BCUT2D eigenvalue weighted by Crippen LogP contribution is 2.22. The number of aliphatic carboxylic acids is 1. The average Bonchev–Trinajstić information content (AvgIpc) is 2.68. The van der Waals surface area contributed by atoms with Gasteiger partial charge in [-0.05, 0) is 12.1 Å². The van der Waals surface area contributed by atoms with Crippen LogP contribution >= 0.6 is 11.8 Å². The highest BCUT2D eigenvalue weighted by Gasteiger charge is 2.19. The number of rotatable bonds is 2. The van der Waals surface area contributed by atoms with Gasteiger partial charge in [-0.2, -0.15) is 0 Å². The number of carboxylic acid groups (broad SMARTS) is 1. The third-order valence-corrected chi connectivity index (χ3v) is 2.93. The van der Waals surface area contributed by atoms with E-state index in [9.17, 15) is 9.90 Å². The van der Waals surface area contributed by atoms with E-state index in [0.29, 0.717) is 5.75 Å². The summed E-state index contributed by atoms with van der Waals surface area (Å²) in [5, 5.41) is 11.3. The van der Waals surface area contributed by atoms with Gasteiger partial charge in [-0.15, -0.1) is 11.8 Å². The summed E-state index contributed by atoms with van der Waals surface area (Å²) in [6.07, 6.45) is 3.34. The minimum atomic E-state index is -1.11. The van der Waals surface area contributed by atoms with Gasteiger partial charge >= 0.3 is 0 Å². The summed E-state index contributed by atoms with van der Waals surface area (Å²) in [6, 6.07) is 2.94. The van der Waals surface area contributed by atoms with Crippen LogP contribution in [0.4, 0.5) is 0 Å². The van der Waals surface area contributed by atoms with Gasteiger partial charge in [0.25, 0.3) is 0 Å². The zero-order valence-electron chi connectivity index (χ0n) is 7.21. The van der Waals surface area contributed by atoms with Crippen LogP contribution in [0.1, 0.15) is 5.56 Å². The molecule has 0 saturated heterocycles. The maximum absolute atomic E-state index is 10.5. The third-order valence-electron chi connectivity index (χ3n) is 1.83. The molecule has 0 unspecified atom stereocenters. The first-order valence-corrected chi connectivity index (χ1v) is 5.08. The van der Waals surface area contributed by atoms with Gasteiger partial charge in [-0.25, -0.2) is 0 Å². The Morgan fingerprint density at radius 2 is 2.50 bits per heavy atom. The van der Waals surface area contributed by atoms with Crippen LogP contribution in [0.15, 0.2) is 29.5 Å². The second-order valence-corrected chi connectivity index (χ2v) is 3.83. The van der Waals surface area contributed by atoms with Gasteiger partial charge in [-0.1, -0.05) is 0 Å². The van der Waals surface area contributed by atoms with Gasteiger partial charge in [-0.3, -0.25) is 9.98 Å². The van der Waals surface area contributed by atoms with E-state index in [1.54, 1.807) is 18.5 Å². The Hall–Kier alpha value is -1.36. The van der Waals surface area contributed by atoms with E-state index in [1.807, 2.05) is 6.07 Å². The monoisotopic (exact) mass is 207 g/mol. The fraction of sp³-hybridized carbons (Fsp3) is 0.222. The fourth-order valence-electron chi connectivity index (χ4n) is 1.14. The molecule has 1 atom stereocenters. The lowest BCUT2D eigenvalue weighted by Crippen LogP contribution is -2.34. The lowest BCUT2D eigenvalue weighted by atomic mass is 10.3. The van der Waals surface area contributed by atoms with Crippen molar-refractivity contribution in [2.75, 3.05) is 5.75 Å². The van der Waals surface area contributed by atoms with Crippen LogP contribution < -0.4 is 5.11 Å². The fourth-order valence-corrected chi connectivity index (χ4v) is 2.16. The summed E-state index contributed by atoms with van der Waals surface area (Å²) in [5.74, 6) is -0.664. The quantitative estimate of drug-likeness (QED) is 0.667. The molecule has 1 aromatic heterocycles. The molecule has 1 aliphatic rings. The first-order valence-electron chi connectivity index (χ1n) is 4.09. The van der Waals surface area contributed by atoms with Crippen molar-refractivity contribution in [2.45, 2.75) is 6.04 Å². The standard InChI is InChI=1S/C9H8N2O2S/c12-9(13)7-5-14-8(11-7)6-2-1-3-10-4-6/h1-4,7H,5H2,(H,12,13)/p-1/t7-/m0/s1. The van der Waals surface area contributed by atoms with Crippen molar-refractivity contribution in [3.8, 4) is 0 Å². The molecule has 0 aromatic carbocycles. The highest BCUT2D eigenvalue weighted by atomic mass is 32.2. The van der Waals surface area contributed by atoms with E-state index >= 15 is 0 Å². The Morgan fingerprint density at radius 1 is 1.64 bits per heavy atom. The molecule has 0 amide bonds. The zero-order chi connectivity index (χ0) is 9.97. The molecular weight excluding hydrogens is 200 g/mol. The smallest absolute Gasteiger partial charge is 0.100 e. The van der Waals surface area contributed by atoms with E-state index in [0.717, 1.165) is 10.6 Å². The predicted octanol–water partition coefficient (Wildman–Crippen LogP) is -0.307. The van der Waals surface area contributed by atoms with Crippen LogP contribution in [-0.2, 0) is 4.79 Å². The maximum Gasteiger partial charge on any atom is 0.100 e. The molecule has 5 heteroatoms. The van der Waals surface area contributed by atoms with Crippen LogP contribution in [0.5, 0.6) is 0 Å². The lowest BCUT2D eigenvalue weighted by Gasteiger charge is -2.04. The second-order valence-electron chi connectivity index (χ2n) is 2.82. The Kier molecular flexibility index (Phi) is 2.49. The van der Waals surface area contributed by atoms with Gasteiger partial charge in [0.05, 0.1) is 5.97 Å². The van der Waals surface area contributed by atoms with Crippen molar-refractivity contribution < 1.29 is 9.90 Å². The minimum absolute atomic E-state index is 0.451. The SMILES string of the molecule is O=C([O-])[C@@H]1CSC(c2cccnc2)=N1. The number of hydrogen-bond acceptors (Lipinski definition) is 5. The van der Waals surface area contributed by atoms with Crippen LogP contribution in [0.2, 0.25) is 0 Å². The predicted molar refractivity (Wildman–Crippen MR) is 52.0 cm³/mol.